The monoisotopic (exact) mass is 343 g/mol. The van der Waals surface area contributed by atoms with Crippen molar-refractivity contribution in [3.63, 3.8) is 0 Å². The second kappa shape index (κ2) is 6.24. The predicted molar refractivity (Wildman–Crippen MR) is 73.5 cm³/mol. The van der Waals surface area contributed by atoms with Gasteiger partial charge in [0.2, 0.25) is 0 Å². The quantitative estimate of drug-likeness (QED) is 0.616. The zero-order valence-corrected chi connectivity index (χ0v) is 12.4. The molecule has 0 aromatic heterocycles. The number of rotatable bonds is 5. The smallest absolute Gasteiger partial charge is 0.0726 e. The summed E-state index contributed by atoms with van der Waals surface area (Å²) in [5.41, 5.74) is 0. The fourth-order valence-electron chi connectivity index (χ4n) is 1.20. The van der Waals surface area contributed by atoms with Gasteiger partial charge >= 0.3 is 0 Å². The maximum atomic E-state index is 12.1. The molecule has 0 bridgehead atoms. The average molecular weight is 345 g/mol. The maximum absolute atomic E-state index is 12.1. The van der Waals surface area contributed by atoms with Crippen LogP contribution in [0, 0.1) is 4.78 Å². The van der Waals surface area contributed by atoms with Crippen molar-refractivity contribution in [2.75, 3.05) is 11.1 Å². The Hall–Kier alpha value is 0.230. The van der Waals surface area contributed by atoms with E-state index in [1.54, 1.807) is 12.1 Å². The molecule has 0 spiro atoms. The van der Waals surface area contributed by atoms with Crippen LogP contribution in [0.2, 0.25) is 10.0 Å². The minimum atomic E-state index is -2.74. The fraction of sp³-hybridized carbons (Fsp3) is 0.400. The van der Waals surface area contributed by atoms with Crippen LogP contribution in [0.5, 0.6) is 0 Å². The van der Waals surface area contributed by atoms with Crippen LogP contribution in [-0.4, -0.2) is 15.3 Å². The molecule has 2 nitrogen and oxygen atoms in total. The Morgan fingerprint density at radius 3 is 2.50 bits per heavy atom. The maximum Gasteiger partial charge on any atom is 0.0726 e. The van der Waals surface area contributed by atoms with Gasteiger partial charge in [0, 0.05) is 16.0 Å². The number of halogens is 3. The summed E-state index contributed by atoms with van der Waals surface area (Å²) in [4.78, 5) is 0.455. The van der Waals surface area contributed by atoms with Crippen molar-refractivity contribution >= 4 is 48.9 Å². The zero-order valence-electron chi connectivity index (χ0n) is 8.51. The molecule has 0 fully saturated rings. The molecular formula is C10H12BrCl2NOS. The van der Waals surface area contributed by atoms with Gasteiger partial charge < -0.3 is 0 Å². The lowest BCUT2D eigenvalue weighted by Crippen LogP contribution is -2.05. The Morgan fingerprint density at radius 1 is 1.25 bits per heavy atom. The van der Waals surface area contributed by atoms with Gasteiger partial charge in [0.15, 0.2) is 0 Å². The van der Waals surface area contributed by atoms with E-state index in [9.17, 15) is 4.21 Å². The van der Waals surface area contributed by atoms with Crippen LogP contribution in [0.1, 0.15) is 12.8 Å². The second-order valence-electron chi connectivity index (χ2n) is 3.35. The largest absolute Gasteiger partial charge is 0.249 e. The molecule has 16 heavy (non-hydrogen) atoms. The molecule has 6 heteroatoms. The van der Waals surface area contributed by atoms with Gasteiger partial charge in [-0.15, -0.1) is 0 Å². The van der Waals surface area contributed by atoms with Crippen molar-refractivity contribution in [1.29, 1.82) is 4.78 Å². The molecule has 0 aliphatic heterocycles. The lowest BCUT2D eigenvalue weighted by Gasteiger charge is -2.08. The number of unbranched alkanes of at least 4 members (excludes halogenated alkanes) is 1. The van der Waals surface area contributed by atoms with E-state index >= 15 is 0 Å². The van der Waals surface area contributed by atoms with Gasteiger partial charge in [-0.3, -0.25) is 0 Å². The molecule has 1 rings (SSSR count). The van der Waals surface area contributed by atoms with Gasteiger partial charge in [-0.05, 0) is 31.0 Å². The molecule has 0 saturated carbocycles. The highest BCUT2D eigenvalue weighted by Gasteiger charge is 2.11. The first-order valence-corrected chi connectivity index (χ1v) is 8.35. The number of alkyl halides is 1. The summed E-state index contributed by atoms with van der Waals surface area (Å²) in [6.45, 7) is 0. The van der Waals surface area contributed by atoms with E-state index in [1.807, 2.05) is 0 Å². The summed E-state index contributed by atoms with van der Waals surface area (Å²) >= 11 is 14.9. The first kappa shape index (κ1) is 14.3. The SMILES string of the molecule is N=S(=O)(CCCCBr)c1ccc(Cl)c(Cl)c1. The van der Waals surface area contributed by atoms with Crippen LogP contribution in [0.25, 0.3) is 0 Å². The molecule has 1 aromatic rings. The average Bonchev–Trinajstić information content (AvgIpc) is 2.22. The minimum absolute atomic E-state index is 0.347. The van der Waals surface area contributed by atoms with Gasteiger partial charge in [-0.2, -0.15) is 0 Å². The first-order chi connectivity index (χ1) is 7.47. The molecule has 1 N–H and O–H groups in total. The van der Waals surface area contributed by atoms with Crippen LogP contribution in [-0.2, 0) is 9.73 Å². The topological polar surface area (TPSA) is 40.9 Å². The Labute approximate surface area is 114 Å². The normalized spacial score (nSPS) is 14.7. The third-order valence-corrected chi connectivity index (χ3v) is 5.27. The minimum Gasteiger partial charge on any atom is -0.249 e. The Morgan fingerprint density at radius 2 is 1.94 bits per heavy atom. The summed E-state index contributed by atoms with van der Waals surface area (Å²) in [5, 5.41) is 1.63. The van der Waals surface area contributed by atoms with Crippen molar-refractivity contribution in [3.8, 4) is 0 Å². The van der Waals surface area contributed by atoms with E-state index in [0.717, 1.165) is 18.2 Å². The van der Waals surface area contributed by atoms with Gasteiger partial charge in [-0.1, -0.05) is 39.1 Å². The summed E-state index contributed by atoms with van der Waals surface area (Å²) in [6, 6.07) is 4.71. The van der Waals surface area contributed by atoms with Crippen LogP contribution in [0.4, 0.5) is 0 Å². The molecule has 1 atom stereocenters. The molecule has 1 unspecified atom stereocenters. The van der Waals surface area contributed by atoms with Crippen molar-refractivity contribution in [1.82, 2.24) is 0 Å². The van der Waals surface area contributed by atoms with Crippen molar-refractivity contribution in [3.05, 3.63) is 28.2 Å². The van der Waals surface area contributed by atoms with Crippen molar-refractivity contribution in [2.45, 2.75) is 17.7 Å². The number of hydrogen-bond donors (Lipinski definition) is 1. The lowest BCUT2D eigenvalue weighted by atomic mass is 10.4. The number of hydrogen-bond acceptors (Lipinski definition) is 2. The highest BCUT2D eigenvalue weighted by Crippen LogP contribution is 2.25. The van der Waals surface area contributed by atoms with Gasteiger partial charge in [0.25, 0.3) is 0 Å². The number of nitrogens with one attached hydrogen (secondary N) is 1. The van der Waals surface area contributed by atoms with E-state index in [-0.39, 0.29) is 0 Å². The molecule has 0 aliphatic rings. The summed E-state index contributed by atoms with van der Waals surface area (Å²) in [5.74, 6) is 0.358. The highest BCUT2D eigenvalue weighted by atomic mass is 79.9. The van der Waals surface area contributed by atoms with Crippen LogP contribution >= 0.6 is 39.1 Å². The Kier molecular flexibility index (Phi) is 5.57. The summed E-state index contributed by atoms with van der Waals surface area (Å²) in [6.07, 6.45) is 1.67. The van der Waals surface area contributed by atoms with E-state index < -0.39 is 9.73 Å². The van der Waals surface area contributed by atoms with Crippen molar-refractivity contribution < 1.29 is 4.21 Å². The van der Waals surface area contributed by atoms with Crippen LogP contribution < -0.4 is 0 Å². The van der Waals surface area contributed by atoms with Crippen LogP contribution in [0.3, 0.4) is 0 Å². The molecule has 1 aromatic carbocycles. The molecule has 0 saturated heterocycles. The van der Waals surface area contributed by atoms with Gasteiger partial charge in [-0.25, -0.2) is 8.99 Å². The third-order valence-electron chi connectivity index (χ3n) is 2.09. The Balaban J connectivity index is 2.86. The van der Waals surface area contributed by atoms with Gasteiger partial charge in [0.05, 0.1) is 19.8 Å². The molecular weight excluding hydrogens is 333 g/mol. The summed E-state index contributed by atoms with van der Waals surface area (Å²) < 4.78 is 19.9. The van der Waals surface area contributed by atoms with Crippen LogP contribution in [0.15, 0.2) is 23.1 Å². The molecule has 0 aliphatic carbocycles. The van der Waals surface area contributed by atoms with E-state index in [1.165, 1.54) is 6.07 Å². The van der Waals surface area contributed by atoms with E-state index in [2.05, 4.69) is 15.9 Å². The van der Waals surface area contributed by atoms with Gasteiger partial charge in [0.1, 0.15) is 0 Å². The third kappa shape index (κ3) is 3.91. The summed E-state index contributed by atoms with van der Waals surface area (Å²) in [7, 11) is -2.74. The number of benzene rings is 1. The van der Waals surface area contributed by atoms with E-state index in [0.29, 0.717) is 20.7 Å². The highest BCUT2D eigenvalue weighted by molar-refractivity contribution is 9.09. The zero-order chi connectivity index (χ0) is 12.2. The van der Waals surface area contributed by atoms with E-state index in [4.69, 9.17) is 28.0 Å². The molecule has 0 amide bonds. The fourth-order valence-corrected chi connectivity index (χ4v) is 3.40. The first-order valence-electron chi connectivity index (χ1n) is 4.75. The molecule has 90 valence electrons. The standard InChI is InChI=1S/C10H12BrCl2NOS/c11-5-1-2-6-16(14,15)8-3-4-9(12)10(13)7-8/h3-4,7,14H,1-2,5-6H2. The molecule has 0 heterocycles. The second-order valence-corrected chi connectivity index (χ2v) is 7.19. The Bertz CT molecular complexity index is 462. The molecule has 0 radical (unpaired) electrons. The lowest BCUT2D eigenvalue weighted by molar-refractivity contribution is 0.671. The predicted octanol–water partition coefficient (Wildman–Crippen LogP) is 4.57. The van der Waals surface area contributed by atoms with Crippen molar-refractivity contribution in [2.24, 2.45) is 0 Å².